The van der Waals surface area contributed by atoms with Gasteiger partial charge in [0.05, 0.1) is 30.8 Å². The van der Waals surface area contributed by atoms with Gasteiger partial charge >= 0.3 is 6.18 Å². The van der Waals surface area contributed by atoms with Crippen molar-refractivity contribution >= 4 is 18.1 Å². The third-order valence-corrected chi connectivity index (χ3v) is 2.42. The highest BCUT2D eigenvalue weighted by atomic mass is 35.5. The number of nitrogens with zero attached hydrogens (tertiary/aromatic N) is 1. The van der Waals surface area contributed by atoms with Crippen LogP contribution in [-0.2, 0) is 0 Å². The molecule has 0 saturated carbocycles. The summed E-state index contributed by atoms with van der Waals surface area (Å²) in [5.74, 6) is -0.116. The molecule has 0 saturated heterocycles. The summed E-state index contributed by atoms with van der Waals surface area (Å²) in [6.45, 7) is 0. The van der Waals surface area contributed by atoms with E-state index < -0.39 is 28.4 Å². The van der Waals surface area contributed by atoms with Crippen molar-refractivity contribution in [1.82, 2.24) is 0 Å². The number of benzene rings is 1. The Morgan fingerprint density at radius 2 is 1.70 bits per heavy atom. The number of nitro groups is 1. The molecule has 6 nitrogen and oxygen atoms in total. The van der Waals surface area contributed by atoms with Gasteiger partial charge < -0.3 is 15.2 Å². The number of nitro benzene ring substituents is 1. The number of nitrogens with two attached hydrogens (primary N) is 1. The van der Waals surface area contributed by atoms with Gasteiger partial charge in [-0.25, -0.2) is 0 Å². The van der Waals surface area contributed by atoms with Crippen molar-refractivity contribution in [2.24, 2.45) is 5.73 Å². The lowest BCUT2D eigenvalue weighted by atomic mass is 10.0. The van der Waals surface area contributed by atoms with Crippen LogP contribution >= 0.6 is 12.4 Å². The number of rotatable bonds is 4. The largest absolute Gasteiger partial charge is 0.493 e. The number of halogens is 4. The Morgan fingerprint density at radius 3 is 2.05 bits per heavy atom. The second-order valence-corrected chi connectivity index (χ2v) is 3.54. The van der Waals surface area contributed by atoms with Crippen molar-refractivity contribution in [2.75, 3.05) is 14.2 Å². The monoisotopic (exact) mass is 316 g/mol. The van der Waals surface area contributed by atoms with E-state index in [1.807, 2.05) is 0 Å². The van der Waals surface area contributed by atoms with E-state index in [1.165, 1.54) is 14.2 Å². The van der Waals surface area contributed by atoms with Crippen molar-refractivity contribution in [3.05, 3.63) is 27.8 Å². The molecule has 20 heavy (non-hydrogen) atoms. The predicted molar refractivity (Wildman–Crippen MR) is 66.4 cm³/mol. The number of ether oxygens (including phenoxy) is 2. The minimum atomic E-state index is -4.80. The summed E-state index contributed by atoms with van der Waals surface area (Å²) < 4.78 is 47.3. The van der Waals surface area contributed by atoms with E-state index in [-0.39, 0.29) is 23.9 Å². The van der Waals surface area contributed by atoms with Crippen LogP contribution in [0.3, 0.4) is 0 Å². The number of hydrogen-bond donors (Lipinski definition) is 1. The molecule has 2 N–H and O–H groups in total. The second kappa shape index (κ2) is 6.62. The fourth-order valence-electron chi connectivity index (χ4n) is 1.47. The second-order valence-electron chi connectivity index (χ2n) is 3.54. The van der Waals surface area contributed by atoms with Gasteiger partial charge in [-0.15, -0.1) is 12.4 Å². The van der Waals surface area contributed by atoms with Gasteiger partial charge in [0, 0.05) is 0 Å². The Hall–Kier alpha value is -1.74. The van der Waals surface area contributed by atoms with Crippen LogP contribution < -0.4 is 15.2 Å². The Labute approximate surface area is 118 Å². The smallest absolute Gasteiger partial charge is 0.407 e. The van der Waals surface area contributed by atoms with Gasteiger partial charge in [0.15, 0.2) is 11.5 Å². The van der Waals surface area contributed by atoms with E-state index >= 15 is 0 Å². The highest BCUT2D eigenvalue weighted by Gasteiger charge is 2.42. The first-order valence-corrected chi connectivity index (χ1v) is 4.95. The van der Waals surface area contributed by atoms with Crippen LogP contribution in [0.15, 0.2) is 12.1 Å². The molecule has 0 spiro atoms. The fourth-order valence-corrected chi connectivity index (χ4v) is 1.47. The molecular formula is C10H12ClF3N2O4. The van der Waals surface area contributed by atoms with Crippen LogP contribution in [-0.4, -0.2) is 25.3 Å². The van der Waals surface area contributed by atoms with Gasteiger partial charge in [0.25, 0.3) is 5.69 Å². The molecule has 0 aliphatic carbocycles. The molecule has 0 radical (unpaired) electrons. The molecule has 0 amide bonds. The van der Waals surface area contributed by atoms with Gasteiger partial charge in [0.1, 0.15) is 6.04 Å². The van der Waals surface area contributed by atoms with Crippen molar-refractivity contribution in [1.29, 1.82) is 0 Å². The predicted octanol–water partition coefficient (Wildman–Crippen LogP) is 2.60. The quantitative estimate of drug-likeness (QED) is 0.681. The average Bonchev–Trinajstić information content (AvgIpc) is 2.34. The zero-order chi connectivity index (χ0) is 14.8. The van der Waals surface area contributed by atoms with Crippen molar-refractivity contribution in [2.45, 2.75) is 12.2 Å². The third kappa shape index (κ3) is 3.64. The molecular weight excluding hydrogens is 305 g/mol. The summed E-state index contributed by atoms with van der Waals surface area (Å²) in [4.78, 5) is 9.85. The lowest BCUT2D eigenvalue weighted by Crippen LogP contribution is -2.29. The molecule has 0 aliphatic rings. The van der Waals surface area contributed by atoms with Gasteiger partial charge in [-0.2, -0.15) is 13.2 Å². The van der Waals surface area contributed by atoms with Crippen molar-refractivity contribution in [3.8, 4) is 11.5 Å². The summed E-state index contributed by atoms with van der Waals surface area (Å²) in [6.07, 6.45) is -4.80. The lowest BCUT2D eigenvalue weighted by Gasteiger charge is -2.17. The first-order valence-electron chi connectivity index (χ1n) is 4.95. The van der Waals surface area contributed by atoms with E-state index in [1.54, 1.807) is 0 Å². The van der Waals surface area contributed by atoms with Crippen molar-refractivity contribution in [3.63, 3.8) is 0 Å². The standard InChI is InChI=1S/C10H11F3N2O4.ClH/c1-18-7-3-5(9(14)10(11,12)13)6(15(16)17)4-8(7)19-2;/h3-4,9H,14H2,1-2H3;1H/t9-;/m1./s1. The fraction of sp³-hybridized carbons (Fsp3) is 0.400. The highest BCUT2D eigenvalue weighted by Crippen LogP contribution is 2.41. The number of hydrogen-bond acceptors (Lipinski definition) is 5. The van der Waals surface area contributed by atoms with E-state index in [0.29, 0.717) is 0 Å². The Bertz CT molecular complexity index is 496. The topological polar surface area (TPSA) is 87.6 Å². The first kappa shape index (κ1) is 18.3. The molecule has 1 aromatic rings. The molecule has 114 valence electrons. The van der Waals surface area contributed by atoms with Crippen LogP contribution in [0.25, 0.3) is 0 Å². The van der Waals surface area contributed by atoms with E-state index in [4.69, 9.17) is 15.2 Å². The first-order chi connectivity index (χ1) is 8.72. The van der Waals surface area contributed by atoms with Gasteiger partial charge in [0.2, 0.25) is 0 Å². The maximum atomic E-state index is 12.6. The van der Waals surface area contributed by atoms with Gasteiger partial charge in [-0.05, 0) is 6.07 Å². The summed E-state index contributed by atoms with van der Waals surface area (Å²) in [5, 5.41) is 10.8. The van der Waals surface area contributed by atoms with Crippen LogP contribution in [0, 0.1) is 10.1 Å². The zero-order valence-corrected chi connectivity index (χ0v) is 11.2. The van der Waals surface area contributed by atoms with E-state index in [2.05, 4.69) is 0 Å². The zero-order valence-electron chi connectivity index (χ0n) is 10.4. The van der Waals surface area contributed by atoms with Crippen LogP contribution in [0.5, 0.6) is 11.5 Å². The molecule has 0 aromatic heterocycles. The molecule has 10 heteroatoms. The SMILES string of the molecule is COc1cc([C@@H](N)C(F)(F)F)c([N+](=O)[O-])cc1OC.Cl. The van der Waals surface area contributed by atoms with E-state index in [9.17, 15) is 23.3 Å². The number of alkyl halides is 3. The normalized spacial score (nSPS) is 12.3. The average molecular weight is 317 g/mol. The van der Waals surface area contributed by atoms with Crippen molar-refractivity contribution < 1.29 is 27.6 Å². The third-order valence-electron chi connectivity index (χ3n) is 2.42. The summed E-state index contributed by atoms with van der Waals surface area (Å²) in [6, 6.07) is -0.776. The Kier molecular flexibility index (Phi) is 6.04. The van der Waals surface area contributed by atoms with Gasteiger partial charge in [-0.3, -0.25) is 10.1 Å². The molecule has 1 rings (SSSR count). The summed E-state index contributed by atoms with van der Waals surface area (Å²) in [7, 11) is 2.41. The molecule has 1 atom stereocenters. The Morgan fingerprint density at radius 1 is 1.25 bits per heavy atom. The maximum Gasteiger partial charge on any atom is 0.407 e. The lowest BCUT2D eigenvalue weighted by molar-refractivity contribution is -0.386. The van der Waals surface area contributed by atoms with E-state index in [0.717, 1.165) is 12.1 Å². The van der Waals surface area contributed by atoms with Crippen LogP contribution in [0.1, 0.15) is 11.6 Å². The summed E-state index contributed by atoms with van der Waals surface area (Å²) in [5.41, 5.74) is 3.54. The molecule has 0 aliphatic heterocycles. The molecule has 1 aromatic carbocycles. The Balaban J connectivity index is 0.00000361. The highest BCUT2D eigenvalue weighted by molar-refractivity contribution is 5.85. The molecule has 0 fully saturated rings. The van der Waals surface area contributed by atoms with Crippen LogP contribution in [0.2, 0.25) is 0 Å². The van der Waals surface area contributed by atoms with Crippen LogP contribution in [0.4, 0.5) is 18.9 Å². The molecule has 0 bridgehead atoms. The minimum Gasteiger partial charge on any atom is -0.493 e. The maximum absolute atomic E-state index is 12.6. The minimum absolute atomic E-state index is 0. The van der Waals surface area contributed by atoms with Gasteiger partial charge in [-0.1, -0.05) is 0 Å². The summed E-state index contributed by atoms with van der Waals surface area (Å²) >= 11 is 0. The molecule has 0 unspecified atom stereocenters. The molecule has 0 heterocycles. The number of methoxy groups -OCH3 is 2.